The molecule has 0 atom stereocenters. The van der Waals surface area contributed by atoms with Crippen LogP contribution in [0.25, 0.3) is 0 Å². The Morgan fingerprint density at radius 1 is 1.21 bits per heavy atom. The molecule has 74 valence electrons. The Morgan fingerprint density at radius 3 is 2.57 bits per heavy atom. The monoisotopic (exact) mass is 210 g/mol. The molecular formula is C9H11ClN4. The third-order valence-electron chi connectivity index (χ3n) is 1.74. The lowest BCUT2D eigenvalue weighted by molar-refractivity contribution is 0.591. The summed E-state index contributed by atoms with van der Waals surface area (Å²) in [5, 5.41) is 8.01. The van der Waals surface area contributed by atoms with E-state index in [1.807, 2.05) is 24.3 Å². The van der Waals surface area contributed by atoms with Crippen LogP contribution in [-0.4, -0.2) is 15.0 Å². The number of nitrogen functional groups attached to an aromatic ring is 1. The number of nitrogens with two attached hydrogens (primary N) is 1. The zero-order valence-corrected chi connectivity index (χ0v) is 8.31. The third-order valence-corrected chi connectivity index (χ3v) is 1.74. The van der Waals surface area contributed by atoms with Gasteiger partial charge in [0.15, 0.2) is 0 Å². The molecule has 0 radical (unpaired) electrons. The highest BCUT2D eigenvalue weighted by Crippen LogP contribution is 2.06. The lowest BCUT2D eigenvalue weighted by Crippen LogP contribution is -2.03. The molecule has 0 aliphatic rings. The molecule has 14 heavy (non-hydrogen) atoms. The van der Waals surface area contributed by atoms with Crippen molar-refractivity contribution in [1.29, 1.82) is 0 Å². The van der Waals surface area contributed by atoms with E-state index < -0.39 is 0 Å². The maximum atomic E-state index is 5.64. The van der Waals surface area contributed by atoms with Crippen LogP contribution in [0.1, 0.15) is 5.56 Å². The van der Waals surface area contributed by atoms with E-state index in [2.05, 4.69) is 10.2 Å². The molecule has 2 aromatic rings. The SMILES string of the molecule is Cl.Nc1cccc(Cn2nccn2)c1. The van der Waals surface area contributed by atoms with Gasteiger partial charge in [-0.25, -0.2) is 0 Å². The molecule has 0 saturated heterocycles. The van der Waals surface area contributed by atoms with E-state index >= 15 is 0 Å². The van der Waals surface area contributed by atoms with Crippen molar-refractivity contribution >= 4 is 18.1 Å². The zero-order valence-electron chi connectivity index (χ0n) is 7.50. The zero-order chi connectivity index (χ0) is 9.10. The molecule has 1 aromatic heterocycles. The number of rotatable bonds is 2. The maximum absolute atomic E-state index is 5.64. The molecule has 0 aliphatic carbocycles. The smallest absolute Gasteiger partial charge is 0.0858 e. The number of aromatic nitrogens is 3. The second-order valence-electron chi connectivity index (χ2n) is 2.80. The van der Waals surface area contributed by atoms with Gasteiger partial charge in [-0.15, -0.1) is 12.4 Å². The Kier molecular flexibility index (Phi) is 3.48. The Balaban J connectivity index is 0.000000980. The van der Waals surface area contributed by atoms with Gasteiger partial charge < -0.3 is 5.73 Å². The molecule has 5 heteroatoms. The molecule has 0 aliphatic heterocycles. The highest BCUT2D eigenvalue weighted by atomic mass is 35.5. The van der Waals surface area contributed by atoms with E-state index in [4.69, 9.17) is 5.73 Å². The predicted molar refractivity (Wildman–Crippen MR) is 57.2 cm³/mol. The number of hydrogen-bond acceptors (Lipinski definition) is 3. The minimum Gasteiger partial charge on any atom is -0.399 e. The van der Waals surface area contributed by atoms with Crippen LogP contribution in [-0.2, 0) is 6.54 Å². The fourth-order valence-electron chi connectivity index (χ4n) is 1.18. The standard InChI is InChI=1S/C9H10N4.ClH/c10-9-3-1-2-8(6-9)7-13-11-4-5-12-13;/h1-6H,7,10H2;1H. The summed E-state index contributed by atoms with van der Waals surface area (Å²) in [6.45, 7) is 0.665. The van der Waals surface area contributed by atoms with Crippen molar-refractivity contribution in [2.75, 3.05) is 5.73 Å². The average molecular weight is 211 g/mol. The topological polar surface area (TPSA) is 56.7 Å². The fraction of sp³-hybridized carbons (Fsp3) is 0.111. The Morgan fingerprint density at radius 2 is 1.93 bits per heavy atom. The average Bonchev–Trinajstić information content (AvgIpc) is 2.57. The van der Waals surface area contributed by atoms with Crippen molar-refractivity contribution in [3.8, 4) is 0 Å². The number of halogens is 1. The highest BCUT2D eigenvalue weighted by Gasteiger charge is 1.95. The van der Waals surface area contributed by atoms with E-state index in [0.717, 1.165) is 11.3 Å². The number of anilines is 1. The molecule has 1 aromatic carbocycles. The van der Waals surface area contributed by atoms with Gasteiger partial charge in [0.05, 0.1) is 18.9 Å². The van der Waals surface area contributed by atoms with Crippen LogP contribution in [0.5, 0.6) is 0 Å². The lowest BCUT2D eigenvalue weighted by Gasteiger charge is -2.00. The van der Waals surface area contributed by atoms with Gasteiger partial charge in [0.25, 0.3) is 0 Å². The molecule has 0 bridgehead atoms. The van der Waals surface area contributed by atoms with Gasteiger partial charge in [-0.3, -0.25) is 0 Å². The first kappa shape index (κ1) is 10.5. The molecule has 0 saturated carbocycles. The molecule has 1 heterocycles. The van der Waals surface area contributed by atoms with Gasteiger partial charge in [-0.2, -0.15) is 15.0 Å². The first-order valence-electron chi connectivity index (χ1n) is 4.03. The molecule has 4 nitrogen and oxygen atoms in total. The summed E-state index contributed by atoms with van der Waals surface area (Å²) in [5.41, 5.74) is 7.51. The van der Waals surface area contributed by atoms with Crippen LogP contribution in [0.4, 0.5) is 5.69 Å². The summed E-state index contributed by atoms with van der Waals surface area (Å²) in [6, 6.07) is 7.71. The van der Waals surface area contributed by atoms with Crippen molar-refractivity contribution in [3.63, 3.8) is 0 Å². The summed E-state index contributed by atoms with van der Waals surface area (Å²) >= 11 is 0. The van der Waals surface area contributed by atoms with Gasteiger partial charge in [0, 0.05) is 5.69 Å². The van der Waals surface area contributed by atoms with Crippen LogP contribution in [0, 0.1) is 0 Å². The first-order valence-corrected chi connectivity index (χ1v) is 4.03. The van der Waals surface area contributed by atoms with E-state index in [0.29, 0.717) is 6.54 Å². The van der Waals surface area contributed by atoms with Gasteiger partial charge in [-0.05, 0) is 17.7 Å². The Bertz CT molecular complexity index is 385. The normalized spacial score (nSPS) is 9.43. The van der Waals surface area contributed by atoms with E-state index in [-0.39, 0.29) is 12.4 Å². The Labute approximate surface area is 88.1 Å². The second kappa shape index (κ2) is 4.62. The molecular weight excluding hydrogens is 200 g/mol. The molecule has 0 fully saturated rings. The fourth-order valence-corrected chi connectivity index (χ4v) is 1.18. The highest BCUT2D eigenvalue weighted by molar-refractivity contribution is 5.85. The van der Waals surface area contributed by atoms with Gasteiger partial charge in [0.1, 0.15) is 0 Å². The molecule has 2 rings (SSSR count). The molecule has 0 unspecified atom stereocenters. The minimum atomic E-state index is 0. The lowest BCUT2D eigenvalue weighted by atomic mass is 10.2. The summed E-state index contributed by atoms with van der Waals surface area (Å²) in [5.74, 6) is 0. The van der Waals surface area contributed by atoms with Crippen molar-refractivity contribution in [2.24, 2.45) is 0 Å². The molecule has 2 N–H and O–H groups in total. The first-order chi connectivity index (χ1) is 6.34. The quantitative estimate of drug-likeness (QED) is 0.761. The third kappa shape index (κ3) is 2.47. The predicted octanol–water partition coefficient (Wildman–Crippen LogP) is 1.33. The number of nitrogens with zero attached hydrogens (tertiary/aromatic N) is 3. The van der Waals surface area contributed by atoms with Crippen molar-refractivity contribution in [2.45, 2.75) is 6.54 Å². The van der Waals surface area contributed by atoms with Crippen LogP contribution >= 0.6 is 12.4 Å². The maximum Gasteiger partial charge on any atom is 0.0858 e. The summed E-state index contributed by atoms with van der Waals surface area (Å²) in [4.78, 5) is 1.62. The summed E-state index contributed by atoms with van der Waals surface area (Å²) in [6.07, 6.45) is 3.32. The minimum absolute atomic E-state index is 0. The van der Waals surface area contributed by atoms with Crippen molar-refractivity contribution < 1.29 is 0 Å². The van der Waals surface area contributed by atoms with E-state index in [1.54, 1.807) is 17.2 Å². The van der Waals surface area contributed by atoms with E-state index in [9.17, 15) is 0 Å². The summed E-state index contributed by atoms with van der Waals surface area (Å²) in [7, 11) is 0. The summed E-state index contributed by atoms with van der Waals surface area (Å²) < 4.78 is 0. The van der Waals surface area contributed by atoms with Crippen LogP contribution in [0.3, 0.4) is 0 Å². The van der Waals surface area contributed by atoms with Crippen molar-refractivity contribution in [3.05, 3.63) is 42.2 Å². The van der Waals surface area contributed by atoms with Crippen LogP contribution < -0.4 is 5.73 Å². The van der Waals surface area contributed by atoms with Crippen LogP contribution in [0.15, 0.2) is 36.7 Å². The molecule has 0 amide bonds. The van der Waals surface area contributed by atoms with Crippen molar-refractivity contribution in [1.82, 2.24) is 15.0 Å². The van der Waals surface area contributed by atoms with Gasteiger partial charge in [0.2, 0.25) is 0 Å². The molecule has 0 spiro atoms. The second-order valence-corrected chi connectivity index (χ2v) is 2.80. The van der Waals surface area contributed by atoms with Gasteiger partial charge >= 0.3 is 0 Å². The largest absolute Gasteiger partial charge is 0.399 e. The number of hydrogen-bond donors (Lipinski definition) is 1. The number of benzene rings is 1. The van der Waals surface area contributed by atoms with Gasteiger partial charge in [-0.1, -0.05) is 12.1 Å². The Hall–Kier alpha value is -1.55. The van der Waals surface area contributed by atoms with E-state index in [1.165, 1.54) is 0 Å². The van der Waals surface area contributed by atoms with Crippen LogP contribution in [0.2, 0.25) is 0 Å².